The van der Waals surface area contributed by atoms with Gasteiger partial charge < -0.3 is 5.32 Å². The second kappa shape index (κ2) is 8.64. The Morgan fingerprint density at radius 2 is 1.55 bits per heavy atom. The zero-order valence-electron chi connectivity index (χ0n) is 18.8. The predicted molar refractivity (Wildman–Crippen MR) is 139 cm³/mol. The van der Waals surface area contributed by atoms with E-state index in [1.165, 1.54) is 0 Å². The van der Waals surface area contributed by atoms with Crippen LogP contribution in [0.1, 0.15) is 42.9 Å². The van der Waals surface area contributed by atoms with Crippen LogP contribution in [0.25, 0.3) is 11.8 Å². The monoisotopic (exact) mass is 495 g/mol. The van der Waals surface area contributed by atoms with Crippen LogP contribution in [-0.2, 0) is 4.79 Å². The lowest BCUT2D eigenvalue weighted by Crippen LogP contribution is -2.37. The molecule has 0 fully saturated rings. The molecule has 1 N–H and O–H groups in total. The maximum absolute atomic E-state index is 14.0. The lowest BCUT2D eigenvalue weighted by atomic mass is 9.67. The van der Waals surface area contributed by atoms with Crippen LogP contribution in [0, 0.1) is 5.41 Å². The van der Waals surface area contributed by atoms with E-state index in [0.717, 1.165) is 50.1 Å². The third kappa shape index (κ3) is 4.26. The largest absolute Gasteiger partial charge is 0.358 e. The Morgan fingerprint density at radius 1 is 0.909 bits per heavy atom. The Hall–Kier alpha value is -3.17. The molecule has 0 saturated heterocycles. The Kier molecular flexibility index (Phi) is 5.67. The maximum atomic E-state index is 14.0. The first-order valence-electron chi connectivity index (χ1n) is 11.3. The van der Waals surface area contributed by atoms with Gasteiger partial charge in [0.2, 0.25) is 0 Å². The second-order valence-electron chi connectivity index (χ2n) is 9.35. The van der Waals surface area contributed by atoms with Crippen molar-refractivity contribution in [1.82, 2.24) is 5.32 Å². The minimum atomic E-state index is -0.276. The van der Waals surface area contributed by atoms with Crippen molar-refractivity contribution in [2.24, 2.45) is 5.41 Å². The quantitative estimate of drug-likeness (QED) is 0.380. The van der Waals surface area contributed by atoms with Crippen molar-refractivity contribution < 1.29 is 4.79 Å². The summed E-state index contributed by atoms with van der Waals surface area (Å²) in [5.74, 6) is 0.0430. The zero-order valence-corrected chi connectivity index (χ0v) is 20.4. The summed E-state index contributed by atoms with van der Waals surface area (Å²) in [6.45, 7) is 4.33. The first-order chi connectivity index (χ1) is 15.9. The molecule has 0 spiro atoms. The third-order valence-corrected chi connectivity index (χ3v) is 7.05. The Balaban J connectivity index is 1.64. The predicted octanol–water partition coefficient (Wildman–Crippen LogP) is 7.51. The number of carbonyl (C=O) groups is 1. The number of hydrogen-bond donors (Lipinski definition) is 1. The molecule has 2 nitrogen and oxygen atoms in total. The minimum Gasteiger partial charge on any atom is -0.358 e. The highest BCUT2D eigenvalue weighted by Crippen LogP contribution is 2.48. The van der Waals surface area contributed by atoms with E-state index in [0.29, 0.717) is 0 Å². The molecule has 1 aliphatic carbocycles. The maximum Gasteiger partial charge on any atom is 0.188 e. The Morgan fingerprint density at radius 3 is 2.21 bits per heavy atom. The highest BCUT2D eigenvalue weighted by atomic mass is 79.9. The third-order valence-electron chi connectivity index (χ3n) is 6.52. The van der Waals surface area contributed by atoms with Crippen LogP contribution in [0.3, 0.4) is 0 Å². The molecule has 1 heterocycles. The van der Waals surface area contributed by atoms with Crippen molar-refractivity contribution in [3.8, 4) is 0 Å². The molecule has 3 heteroatoms. The zero-order chi connectivity index (χ0) is 23.0. The van der Waals surface area contributed by atoms with E-state index >= 15 is 0 Å². The van der Waals surface area contributed by atoms with E-state index in [-0.39, 0.29) is 17.1 Å². The van der Waals surface area contributed by atoms with Crippen molar-refractivity contribution in [1.29, 1.82) is 0 Å². The van der Waals surface area contributed by atoms with Gasteiger partial charge in [-0.05, 0) is 52.8 Å². The molecule has 164 valence electrons. The van der Waals surface area contributed by atoms with Crippen molar-refractivity contribution in [2.75, 3.05) is 0 Å². The molecule has 2 aliphatic rings. The van der Waals surface area contributed by atoms with Crippen molar-refractivity contribution >= 4 is 33.5 Å². The standard InChI is InChI=1S/C30H26BrNO/c1-30(2)19-27-28(29(33)25(30)17-20-9-5-3-6-10-20)24(21-11-7-4-8-12-21)18-26(32-27)22-13-15-23(31)16-14-22/h3-18,24,32H,19H2,1-2H3/b25-17+. The SMILES string of the molecule is CC1(C)CC2=C(C(=O)/C1=C\c1ccccc1)C(c1ccccc1)C=C(c1ccc(Br)cc1)N2. The molecular weight excluding hydrogens is 470 g/mol. The van der Waals surface area contributed by atoms with Crippen molar-refractivity contribution in [3.05, 3.63) is 129 Å². The van der Waals surface area contributed by atoms with E-state index < -0.39 is 0 Å². The van der Waals surface area contributed by atoms with Crippen LogP contribution in [0.15, 0.2) is 112 Å². The molecule has 3 aromatic rings. The highest BCUT2D eigenvalue weighted by molar-refractivity contribution is 9.10. The van der Waals surface area contributed by atoms with Gasteiger partial charge in [0.1, 0.15) is 0 Å². The van der Waals surface area contributed by atoms with Gasteiger partial charge in [-0.25, -0.2) is 0 Å². The number of Topliss-reactive ketones (excluding diaryl/α,β-unsaturated/α-hetero) is 1. The number of allylic oxidation sites excluding steroid dienone is 4. The summed E-state index contributed by atoms with van der Waals surface area (Å²) in [5.41, 5.74) is 6.85. The normalized spacial score (nSPS) is 20.8. The summed E-state index contributed by atoms with van der Waals surface area (Å²) in [4.78, 5) is 14.0. The number of ketones is 1. The van der Waals surface area contributed by atoms with Crippen LogP contribution in [-0.4, -0.2) is 5.78 Å². The van der Waals surface area contributed by atoms with Crippen molar-refractivity contribution in [3.63, 3.8) is 0 Å². The molecule has 1 atom stereocenters. The first-order valence-corrected chi connectivity index (χ1v) is 12.1. The number of carbonyl (C=O) groups excluding carboxylic acids is 1. The van der Waals surface area contributed by atoms with Gasteiger partial charge in [-0.1, -0.05) is 103 Å². The van der Waals surface area contributed by atoms with Crippen molar-refractivity contribution in [2.45, 2.75) is 26.2 Å². The van der Waals surface area contributed by atoms with E-state index in [9.17, 15) is 4.79 Å². The van der Waals surface area contributed by atoms with E-state index in [4.69, 9.17) is 0 Å². The number of hydrogen-bond acceptors (Lipinski definition) is 2. The molecule has 1 unspecified atom stereocenters. The molecular formula is C30H26BrNO. The summed E-state index contributed by atoms with van der Waals surface area (Å²) in [6, 6.07) is 28.8. The summed E-state index contributed by atoms with van der Waals surface area (Å²) in [5, 5.41) is 3.64. The van der Waals surface area contributed by atoms with Crippen LogP contribution in [0.2, 0.25) is 0 Å². The molecule has 0 bridgehead atoms. The minimum absolute atomic E-state index is 0.0936. The van der Waals surface area contributed by atoms with Gasteiger partial charge in [0.15, 0.2) is 5.78 Å². The molecule has 3 aromatic carbocycles. The number of rotatable bonds is 3. The van der Waals surface area contributed by atoms with Crippen LogP contribution >= 0.6 is 15.9 Å². The molecule has 1 aliphatic heterocycles. The molecule has 0 amide bonds. The summed E-state index contributed by atoms with van der Waals surface area (Å²) < 4.78 is 1.05. The Labute approximate surface area is 203 Å². The molecule has 0 saturated carbocycles. The molecule has 33 heavy (non-hydrogen) atoms. The first kappa shape index (κ1) is 21.7. The Bertz CT molecular complexity index is 1280. The van der Waals surface area contributed by atoms with Gasteiger partial charge >= 0.3 is 0 Å². The van der Waals surface area contributed by atoms with Gasteiger partial charge in [0.25, 0.3) is 0 Å². The fourth-order valence-electron chi connectivity index (χ4n) is 4.81. The molecule has 5 rings (SSSR count). The van der Waals surface area contributed by atoms with Gasteiger partial charge in [-0.2, -0.15) is 0 Å². The van der Waals surface area contributed by atoms with Gasteiger partial charge in [0.05, 0.1) is 0 Å². The number of nitrogens with one attached hydrogen (secondary N) is 1. The van der Waals surface area contributed by atoms with Gasteiger partial charge in [-0.3, -0.25) is 4.79 Å². The second-order valence-corrected chi connectivity index (χ2v) is 10.3. The van der Waals surface area contributed by atoms with Crippen LogP contribution < -0.4 is 5.32 Å². The average Bonchev–Trinajstić information content (AvgIpc) is 2.82. The summed E-state index contributed by atoms with van der Waals surface area (Å²) in [6.07, 6.45) is 5.06. The topological polar surface area (TPSA) is 29.1 Å². The van der Waals surface area contributed by atoms with Crippen LogP contribution in [0.4, 0.5) is 0 Å². The van der Waals surface area contributed by atoms with Gasteiger partial charge in [-0.15, -0.1) is 0 Å². The fraction of sp³-hybridized carbons (Fsp3) is 0.167. The lowest BCUT2D eigenvalue weighted by molar-refractivity contribution is -0.113. The summed E-state index contributed by atoms with van der Waals surface area (Å²) in [7, 11) is 0. The number of benzene rings is 3. The van der Waals surface area contributed by atoms with E-state index in [1.54, 1.807) is 0 Å². The number of halogens is 1. The van der Waals surface area contributed by atoms with Crippen LogP contribution in [0.5, 0.6) is 0 Å². The average molecular weight is 496 g/mol. The number of dihydropyridines is 1. The van der Waals surface area contributed by atoms with E-state index in [2.05, 4.69) is 95.8 Å². The van der Waals surface area contributed by atoms with Gasteiger partial charge in [0, 0.05) is 32.9 Å². The molecule has 0 radical (unpaired) electrons. The lowest BCUT2D eigenvalue weighted by Gasteiger charge is -2.40. The fourth-order valence-corrected chi connectivity index (χ4v) is 5.08. The van der Waals surface area contributed by atoms with E-state index in [1.807, 2.05) is 36.4 Å². The highest BCUT2D eigenvalue weighted by Gasteiger charge is 2.42. The summed E-state index contributed by atoms with van der Waals surface area (Å²) >= 11 is 3.53. The smallest absolute Gasteiger partial charge is 0.188 e. The molecule has 0 aromatic heterocycles.